The topological polar surface area (TPSA) is 44.3 Å². The zero-order valence-corrected chi connectivity index (χ0v) is 16.9. The lowest BCUT2D eigenvalue weighted by Crippen LogP contribution is -2.46. The highest BCUT2D eigenvalue weighted by Crippen LogP contribution is 2.21. The summed E-state index contributed by atoms with van der Waals surface area (Å²) in [6.07, 6.45) is 0. The molecule has 1 aromatic heterocycles. The van der Waals surface area contributed by atoms with E-state index < -0.39 is 0 Å². The molecule has 29 heavy (non-hydrogen) atoms. The van der Waals surface area contributed by atoms with E-state index in [1.807, 2.05) is 25.1 Å². The van der Waals surface area contributed by atoms with Gasteiger partial charge >= 0.3 is 0 Å². The molecule has 1 aliphatic rings. The van der Waals surface area contributed by atoms with Crippen molar-refractivity contribution in [2.24, 2.45) is 0 Å². The second-order valence-electron chi connectivity index (χ2n) is 7.48. The van der Waals surface area contributed by atoms with Crippen LogP contribution in [0.15, 0.2) is 54.6 Å². The van der Waals surface area contributed by atoms with E-state index in [-0.39, 0.29) is 5.82 Å². The summed E-state index contributed by atoms with van der Waals surface area (Å²) in [5, 5.41) is 3.35. The Labute approximate surface area is 171 Å². The summed E-state index contributed by atoms with van der Waals surface area (Å²) in [4.78, 5) is 13.8. The minimum absolute atomic E-state index is 0.200. The third-order valence-corrected chi connectivity index (χ3v) is 5.17. The number of benzene rings is 2. The number of aromatic nitrogens is 2. The van der Waals surface area contributed by atoms with E-state index >= 15 is 0 Å². The first-order chi connectivity index (χ1) is 14.1. The van der Waals surface area contributed by atoms with Crippen molar-refractivity contribution in [1.29, 1.82) is 0 Å². The van der Waals surface area contributed by atoms with Crippen molar-refractivity contribution in [2.75, 3.05) is 41.3 Å². The SMILES string of the molecule is Cc1cccc(CNc2nc(C)cc(N3CCN(c4ccc(F)cc4)CC3)n2)c1. The molecule has 1 aliphatic heterocycles. The van der Waals surface area contributed by atoms with Crippen molar-refractivity contribution >= 4 is 17.5 Å². The lowest BCUT2D eigenvalue weighted by molar-refractivity contribution is 0.624. The molecule has 150 valence electrons. The molecular weight excluding hydrogens is 365 g/mol. The molecule has 1 fully saturated rings. The minimum atomic E-state index is -0.200. The lowest BCUT2D eigenvalue weighted by Gasteiger charge is -2.36. The molecule has 0 bridgehead atoms. The normalized spacial score (nSPS) is 14.2. The molecule has 1 saturated heterocycles. The summed E-state index contributed by atoms with van der Waals surface area (Å²) in [6.45, 7) is 8.27. The first kappa shape index (κ1) is 19.2. The van der Waals surface area contributed by atoms with Crippen LogP contribution in [-0.2, 0) is 6.54 Å². The Morgan fingerprint density at radius 1 is 0.897 bits per heavy atom. The molecule has 0 aliphatic carbocycles. The highest BCUT2D eigenvalue weighted by molar-refractivity contribution is 5.51. The van der Waals surface area contributed by atoms with Gasteiger partial charge in [-0.1, -0.05) is 29.8 Å². The van der Waals surface area contributed by atoms with Crippen LogP contribution in [0.3, 0.4) is 0 Å². The Hall–Kier alpha value is -3.15. The third-order valence-electron chi connectivity index (χ3n) is 5.17. The average molecular weight is 391 g/mol. The second kappa shape index (κ2) is 8.47. The molecule has 1 N–H and O–H groups in total. The molecule has 2 heterocycles. The van der Waals surface area contributed by atoms with Crippen LogP contribution in [0.5, 0.6) is 0 Å². The van der Waals surface area contributed by atoms with E-state index in [1.54, 1.807) is 0 Å². The Bertz CT molecular complexity index is 965. The van der Waals surface area contributed by atoms with Gasteiger partial charge in [-0.2, -0.15) is 4.98 Å². The van der Waals surface area contributed by atoms with E-state index in [2.05, 4.69) is 51.3 Å². The summed E-state index contributed by atoms with van der Waals surface area (Å²) in [7, 11) is 0. The van der Waals surface area contributed by atoms with Gasteiger partial charge in [0.2, 0.25) is 5.95 Å². The highest BCUT2D eigenvalue weighted by atomic mass is 19.1. The summed E-state index contributed by atoms with van der Waals surface area (Å²) in [5.41, 5.74) is 4.46. The van der Waals surface area contributed by atoms with Gasteiger partial charge in [0.1, 0.15) is 11.6 Å². The third kappa shape index (κ3) is 4.83. The average Bonchev–Trinajstić information content (AvgIpc) is 2.73. The fourth-order valence-corrected chi connectivity index (χ4v) is 3.64. The highest BCUT2D eigenvalue weighted by Gasteiger charge is 2.19. The summed E-state index contributed by atoms with van der Waals surface area (Å²) in [6, 6.07) is 17.2. The summed E-state index contributed by atoms with van der Waals surface area (Å²) in [5.74, 6) is 1.40. The number of nitrogens with zero attached hydrogens (tertiary/aromatic N) is 4. The predicted octanol–water partition coefficient (Wildman–Crippen LogP) is 4.17. The number of hydrogen-bond donors (Lipinski definition) is 1. The molecule has 3 aromatic rings. The Morgan fingerprint density at radius 3 is 2.34 bits per heavy atom. The van der Waals surface area contributed by atoms with Crippen molar-refractivity contribution in [3.05, 3.63) is 77.2 Å². The standard InChI is InChI=1S/C23H26FN5/c1-17-4-3-5-19(14-17)16-25-23-26-18(2)15-22(27-23)29-12-10-28(11-13-29)21-8-6-20(24)7-9-21/h3-9,14-15H,10-13,16H2,1-2H3,(H,25,26,27). The predicted molar refractivity (Wildman–Crippen MR) is 116 cm³/mol. The molecule has 4 rings (SSSR count). The zero-order valence-electron chi connectivity index (χ0n) is 16.9. The van der Waals surface area contributed by atoms with Crippen LogP contribution in [0, 0.1) is 19.7 Å². The van der Waals surface area contributed by atoms with Gasteiger partial charge in [0, 0.05) is 50.2 Å². The van der Waals surface area contributed by atoms with Gasteiger partial charge in [-0.3, -0.25) is 0 Å². The number of nitrogens with one attached hydrogen (secondary N) is 1. The minimum Gasteiger partial charge on any atom is -0.368 e. The van der Waals surface area contributed by atoms with E-state index in [0.29, 0.717) is 12.5 Å². The number of anilines is 3. The number of hydrogen-bond acceptors (Lipinski definition) is 5. The van der Waals surface area contributed by atoms with E-state index in [4.69, 9.17) is 4.98 Å². The van der Waals surface area contributed by atoms with Crippen molar-refractivity contribution in [3.63, 3.8) is 0 Å². The zero-order chi connectivity index (χ0) is 20.2. The van der Waals surface area contributed by atoms with Gasteiger partial charge in [-0.25, -0.2) is 9.37 Å². The molecule has 0 atom stereocenters. The number of halogens is 1. The van der Waals surface area contributed by atoms with Gasteiger partial charge in [0.05, 0.1) is 0 Å². The maximum Gasteiger partial charge on any atom is 0.225 e. The van der Waals surface area contributed by atoms with Crippen LogP contribution in [-0.4, -0.2) is 36.1 Å². The van der Waals surface area contributed by atoms with E-state index in [9.17, 15) is 4.39 Å². The molecule has 0 unspecified atom stereocenters. The maximum absolute atomic E-state index is 13.2. The molecule has 0 saturated carbocycles. The molecule has 0 amide bonds. The molecule has 0 spiro atoms. The molecule has 5 nitrogen and oxygen atoms in total. The van der Waals surface area contributed by atoms with Gasteiger partial charge in [-0.05, 0) is 43.7 Å². The maximum atomic E-state index is 13.2. The first-order valence-corrected chi connectivity index (χ1v) is 9.97. The van der Waals surface area contributed by atoms with Gasteiger partial charge in [0.25, 0.3) is 0 Å². The smallest absolute Gasteiger partial charge is 0.225 e. The molecule has 6 heteroatoms. The lowest BCUT2D eigenvalue weighted by atomic mass is 10.1. The van der Waals surface area contributed by atoms with E-state index in [0.717, 1.165) is 43.4 Å². The molecular formula is C23H26FN5. The molecule has 2 aromatic carbocycles. The first-order valence-electron chi connectivity index (χ1n) is 9.97. The van der Waals surface area contributed by atoms with Crippen LogP contribution < -0.4 is 15.1 Å². The Kier molecular flexibility index (Phi) is 5.60. The second-order valence-corrected chi connectivity index (χ2v) is 7.48. The number of piperazine rings is 1. The van der Waals surface area contributed by atoms with E-state index in [1.165, 1.54) is 23.3 Å². The van der Waals surface area contributed by atoms with Crippen LogP contribution in [0.1, 0.15) is 16.8 Å². The number of rotatable bonds is 5. The van der Waals surface area contributed by atoms with Gasteiger partial charge in [0.15, 0.2) is 0 Å². The van der Waals surface area contributed by atoms with Gasteiger partial charge in [-0.15, -0.1) is 0 Å². The van der Waals surface area contributed by atoms with Gasteiger partial charge < -0.3 is 15.1 Å². The van der Waals surface area contributed by atoms with Crippen molar-refractivity contribution in [2.45, 2.75) is 20.4 Å². The fourth-order valence-electron chi connectivity index (χ4n) is 3.64. The quantitative estimate of drug-likeness (QED) is 0.707. The Morgan fingerprint density at radius 2 is 1.62 bits per heavy atom. The largest absolute Gasteiger partial charge is 0.368 e. The van der Waals surface area contributed by atoms with Crippen LogP contribution >= 0.6 is 0 Å². The van der Waals surface area contributed by atoms with Crippen LogP contribution in [0.2, 0.25) is 0 Å². The van der Waals surface area contributed by atoms with Crippen molar-refractivity contribution in [1.82, 2.24) is 9.97 Å². The van der Waals surface area contributed by atoms with Crippen LogP contribution in [0.4, 0.5) is 21.8 Å². The summed E-state index contributed by atoms with van der Waals surface area (Å²) < 4.78 is 13.2. The Balaban J connectivity index is 1.40. The summed E-state index contributed by atoms with van der Waals surface area (Å²) >= 11 is 0. The fraction of sp³-hybridized carbons (Fsp3) is 0.304. The van der Waals surface area contributed by atoms with Crippen molar-refractivity contribution < 1.29 is 4.39 Å². The monoisotopic (exact) mass is 391 g/mol. The number of aryl methyl sites for hydroxylation is 2. The molecule has 0 radical (unpaired) electrons. The van der Waals surface area contributed by atoms with Crippen LogP contribution in [0.25, 0.3) is 0 Å². The van der Waals surface area contributed by atoms with Crippen molar-refractivity contribution in [3.8, 4) is 0 Å².